The molecular formula is C14H18N4O3S. The first-order valence-corrected chi connectivity index (χ1v) is 8.53. The fourth-order valence-electron chi connectivity index (χ4n) is 2.46. The molecule has 2 N–H and O–H groups in total. The van der Waals surface area contributed by atoms with Crippen LogP contribution in [0.15, 0.2) is 41.0 Å². The molecule has 0 atom stereocenters. The summed E-state index contributed by atoms with van der Waals surface area (Å²) in [6, 6.07) is 9.71. The van der Waals surface area contributed by atoms with E-state index in [0.29, 0.717) is 38.6 Å². The molecule has 1 fully saturated rings. The predicted molar refractivity (Wildman–Crippen MR) is 81.9 cm³/mol. The van der Waals surface area contributed by atoms with Gasteiger partial charge in [0.25, 0.3) is 10.2 Å². The Balaban J connectivity index is 1.60. The van der Waals surface area contributed by atoms with E-state index in [-0.39, 0.29) is 0 Å². The van der Waals surface area contributed by atoms with Crippen LogP contribution in [0.5, 0.6) is 0 Å². The molecule has 0 saturated carbocycles. The van der Waals surface area contributed by atoms with Gasteiger partial charge in [0.15, 0.2) is 0 Å². The van der Waals surface area contributed by atoms with E-state index in [1.165, 1.54) is 4.31 Å². The van der Waals surface area contributed by atoms with E-state index in [2.05, 4.69) is 9.88 Å². The third-order valence-electron chi connectivity index (χ3n) is 3.65. The van der Waals surface area contributed by atoms with Gasteiger partial charge in [0, 0.05) is 38.3 Å². The lowest BCUT2D eigenvalue weighted by Gasteiger charge is -2.32. The van der Waals surface area contributed by atoms with Crippen molar-refractivity contribution in [1.29, 1.82) is 0 Å². The quantitative estimate of drug-likeness (QED) is 0.893. The Morgan fingerprint density at radius 1 is 1.14 bits per heavy atom. The Labute approximate surface area is 129 Å². The number of nitrogens with zero attached hydrogens (tertiary/aromatic N) is 3. The van der Waals surface area contributed by atoms with Gasteiger partial charge in [-0.15, -0.1) is 0 Å². The summed E-state index contributed by atoms with van der Waals surface area (Å²) in [5.41, 5.74) is 1.77. The molecule has 0 spiro atoms. The van der Waals surface area contributed by atoms with Crippen molar-refractivity contribution in [3.05, 3.63) is 42.3 Å². The molecule has 22 heavy (non-hydrogen) atoms. The van der Waals surface area contributed by atoms with E-state index in [4.69, 9.17) is 9.56 Å². The Hall–Kier alpha value is -1.74. The van der Waals surface area contributed by atoms with Crippen LogP contribution >= 0.6 is 0 Å². The second-order valence-electron chi connectivity index (χ2n) is 5.23. The highest BCUT2D eigenvalue weighted by molar-refractivity contribution is 7.86. The smallest absolute Gasteiger partial charge is 0.276 e. The van der Waals surface area contributed by atoms with Crippen molar-refractivity contribution in [2.24, 2.45) is 5.14 Å². The van der Waals surface area contributed by atoms with Crippen LogP contribution in [0.25, 0.3) is 11.5 Å². The molecule has 1 saturated heterocycles. The molecule has 3 rings (SSSR count). The molecule has 118 valence electrons. The van der Waals surface area contributed by atoms with E-state index in [0.717, 1.165) is 11.3 Å². The average molecular weight is 322 g/mol. The molecule has 0 unspecified atom stereocenters. The number of rotatable bonds is 4. The Bertz CT molecular complexity index is 722. The first-order chi connectivity index (χ1) is 10.5. The summed E-state index contributed by atoms with van der Waals surface area (Å²) < 4.78 is 29.3. The lowest BCUT2D eigenvalue weighted by molar-refractivity contribution is 0.180. The van der Waals surface area contributed by atoms with E-state index < -0.39 is 10.2 Å². The fraction of sp³-hybridized carbons (Fsp3) is 0.357. The van der Waals surface area contributed by atoms with Crippen LogP contribution in [0.2, 0.25) is 0 Å². The van der Waals surface area contributed by atoms with Crippen LogP contribution < -0.4 is 5.14 Å². The standard InChI is InChI=1S/C14H18N4O3S/c15-22(19,20)18-8-6-17(7-9-18)10-13-11-21-14(16-13)12-4-2-1-3-5-12/h1-5,11H,6-10H2,(H2,15,19,20). The third-order valence-corrected chi connectivity index (χ3v) is 4.73. The fourth-order valence-corrected chi connectivity index (χ4v) is 3.14. The lowest BCUT2D eigenvalue weighted by atomic mass is 10.2. The third kappa shape index (κ3) is 3.53. The zero-order valence-corrected chi connectivity index (χ0v) is 12.9. The lowest BCUT2D eigenvalue weighted by Crippen LogP contribution is -2.50. The van der Waals surface area contributed by atoms with E-state index >= 15 is 0 Å². The van der Waals surface area contributed by atoms with Gasteiger partial charge in [0.05, 0.1) is 5.69 Å². The van der Waals surface area contributed by atoms with Crippen molar-refractivity contribution >= 4 is 10.2 Å². The summed E-state index contributed by atoms with van der Waals surface area (Å²) in [5.74, 6) is 0.596. The maximum absolute atomic E-state index is 11.3. The SMILES string of the molecule is NS(=O)(=O)N1CCN(Cc2coc(-c3ccccc3)n2)CC1. The normalized spacial score (nSPS) is 17.7. The molecule has 2 aromatic rings. The van der Waals surface area contributed by atoms with Crippen molar-refractivity contribution in [2.45, 2.75) is 6.54 Å². The highest BCUT2D eigenvalue weighted by atomic mass is 32.2. The molecule has 0 amide bonds. The van der Waals surface area contributed by atoms with Crippen molar-refractivity contribution in [1.82, 2.24) is 14.2 Å². The van der Waals surface area contributed by atoms with Crippen LogP contribution in [0, 0.1) is 0 Å². The summed E-state index contributed by atoms with van der Waals surface area (Å²) in [6.45, 7) is 2.70. The van der Waals surface area contributed by atoms with Gasteiger partial charge in [-0.2, -0.15) is 12.7 Å². The van der Waals surface area contributed by atoms with Gasteiger partial charge < -0.3 is 4.42 Å². The summed E-state index contributed by atoms with van der Waals surface area (Å²) in [6.07, 6.45) is 1.65. The van der Waals surface area contributed by atoms with Gasteiger partial charge in [-0.25, -0.2) is 10.1 Å². The highest BCUT2D eigenvalue weighted by Gasteiger charge is 2.24. The number of hydrogen-bond donors (Lipinski definition) is 1. The largest absolute Gasteiger partial charge is 0.444 e. The first kappa shape index (κ1) is 15.2. The molecule has 1 aromatic heterocycles. The van der Waals surface area contributed by atoms with Crippen LogP contribution in [-0.2, 0) is 16.8 Å². The molecular weight excluding hydrogens is 304 g/mol. The summed E-state index contributed by atoms with van der Waals surface area (Å²) in [4.78, 5) is 6.61. The van der Waals surface area contributed by atoms with Crippen LogP contribution in [0.1, 0.15) is 5.69 Å². The molecule has 0 bridgehead atoms. The van der Waals surface area contributed by atoms with Crippen molar-refractivity contribution in [3.8, 4) is 11.5 Å². The number of nitrogens with two attached hydrogens (primary N) is 1. The predicted octanol–water partition coefficient (Wildman–Crippen LogP) is 0.663. The molecule has 1 aliphatic rings. The number of hydrogen-bond acceptors (Lipinski definition) is 5. The number of benzene rings is 1. The number of piperazine rings is 1. The second kappa shape index (κ2) is 6.17. The second-order valence-corrected chi connectivity index (χ2v) is 6.78. The maximum Gasteiger partial charge on any atom is 0.276 e. The van der Waals surface area contributed by atoms with Gasteiger partial charge in [0.1, 0.15) is 6.26 Å². The summed E-state index contributed by atoms with van der Waals surface area (Å²) in [7, 11) is -3.58. The zero-order chi connectivity index (χ0) is 15.6. The van der Waals surface area contributed by atoms with Crippen LogP contribution in [0.4, 0.5) is 0 Å². The minimum atomic E-state index is -3.58. The topological polar surface area (TPSA) is 92.7 Å². The monoisotopic (exact) mass is 322 g/mol. The van der Waals surface area contributed by atoms with Crippen LogP contribution in [-0.4, -0.2) is 48.8 Å². The molecule has 1 aliphatic heterocycles. The molecule has 0 radical (unpaired) electrons. The van der Waals surface area contributed by atoms with Gasteiger partial charge in [0.2, 0.25) is 5.89 Å². The molecule has 7 nitrogen and oxygen atoms in total. The number of oxazole rings is 1. The van der Waals surface area contributed by atoms with Crippen molar-refractivity contribution in [3.63, 3.8) is 0 Å². The Kier molecular flexibility index (Phi) is 4.25. The number of aromatic nitrogens is 1. The van der Waals surface area contributed by atoms with Gasteiger partial charge in [-0.3, -0.25) is 4.90 Å². The maximum atomic E-state index is 11.3. The van der Waals surface area contributed by atoms with Gasteiger partial charge in [-0.1, -0.05) is 18.2 Å². The van der Waals surface area contributed by atoms with E-state index in [1.807, 2.05) is 30.3 Å². The molecule has 1 aromatic carbocycles. The minimum Gasteiger partial charge on any atom is -0.444 e. The van der Waals surface area contributed by atoms with E-state index in [1.54, 1.807) is 6.26 Å². The van der Waals surface area contributed by atoms with Crippen LogP contribution in [0.3, 0.4) is 0 Å². The van der Waals surface area contributed by atoms with E-state index in [9.17, 15) is 8.42 Å². The first-order valence-electron chi connectivity index (χ1n) is 7.02. The summed E-state index contributed by atoms with van der Waals surface area (Å²) >= 11 is 0. The molecule has 2 heterocycles. The van der Waals surface area contributed by atoms with Crippen molar-refractivity contribution < 1.29 is 12.8 Å². The average Bonchev–Trinajstić information content (AvgIpc) is 2.96. The van der Waals surface area contributed by atoms with Gasteiger partial charge >= 0.3 is 0 Å². The molecule has 0 aliphatic carbocycles. The Morgan fingerprint density at radius 3 is 2.45 bits per heavy atom. The minimum absolute atomic E-state index is 0.405. The van der Waals surface area contributed by atoms with Gasteiger partial charge in [-0.05, 0) is 12.1 Å². The Morgan fingerprint density at radius 2 is 1.82 bits per heavy atom. The van der Waals surface area contributed by atoms with Crippen molar-refractivity contribution in [2.75, 3.05) is 26.2 Å². The zero-order valence-electron chi connectivity index (χ0n) is 12.1. The molecule has 8 heteroatoms. The highest BCUT2D eigenvalue weighted by Crippen LogP contribution is 2.19. The summed E-state index contributed by atoms with van der Waals surface area (Å²) in [5, 5.41) is 5.13.